The minimum atomic E-state index is -0.318. The molecule has 5 heterocycles. The lowest BCUT2D eigenvalue weighted by Crippen LogP contribution is -2.60. The van der Waals surface area contributed by atoms with Crippen LogP contribution in [0.25, 0.3) is 10.9 Å². The third-order valence-corrected chi connectivity index (χ3v) is 9.04. The molecule has 2 aromatic heterocycles. The normalized spacial score (nSPS) is 21.3. The summed E-state index contributed by atoms with van der Waals surface area (Å²) in [6, 6.07) is 16.4. The standard InChI is InChI=1S/C32H45N5/c1-26-13-12-14-31(33-26)32(36-19-6-2-3-7-20-36,37-21-8-4-5-9-22-37)28-15-16-30-27(23-28)24-29(34-30)25-35-17-10-11-18-35/h12-16,23-24,34H,2-11,17-22,25H2,1H3. The van der Waals surface area contributed by atoms with E-state index in [0.717, 1.165) is 38.4 Å². The van der Waals surface area contributed by atoms with E-state index >= 15 is 0 Å². The largest absolute Gasteiger partial charge is 0.357 e. The lowest BCUT2D eigenvalue weighted by molar-refractivity contribution is -0.0339. The monoisotopic (exact) mass is 499 g/mol. The second-order valence-electron chi connectivity index (χ2n) is 11.7. The van der Waals surface area contributed by atoms with Crippen LogP contribution in [0.4, 0.5) is 0 Å². The quantitative estimate of drug-likeness (QED) is 0.425. The summed E-state index contributed by atoms with van der Waals surface area (Å²) in [6.45, 7) is 10.2. The van der Waals surface area contributed by atoms with Crippen LogP contribution in [0.5, 0.6) is 0 Å². The zero-order chi connectivity index (χ0) is 25.1. The molecule has 6 rings (SSSR count). The summed E-state index contributed by atoms with van der Waals surface area (Å²) in [6.07, 6.45) is 13.1. The molecule has 3 aromatic rings. The molecular weight excluding hydrogens is 454 g/mol. The Bertz CT molecular complexity index is 1140. The maximum absolute atomic E-state index is 5.29. The maximum Gasteiger partial charge on any atom is 0.144 e. The zero-order valence-electron chi connectivity index (χ0n) is 22.9. The lowest BCUT2D eigenvalue weighted by Gasteiger charge is -2.51. The van der Waals surface area contributed by atoms with E-state index in [1.165, 1.54) is 105 Å². The summed E-state index contributed by atoms with van der Waals surface area (Å²) < 4.78 is 0. The molecule has 3 fully saturated rings. The summed E-state index contributed by atoms with van der Waals surface area (Å²) in [5.41, 5.74) is 6.01. The number of aromatic nitrogens is 2. The number of benzene rings is 1. The van der Waals surface area contributed by atoms with Gasteiger partial charge in [0.25, 0.3) is 0 Å². The molecule has 5 nitrogen and oxygen atoms in total. The summed E-state index contributed by atoms with van der Waals surface area (Å²) in [5.74, 6) is 0. The SMILES string of the molecule is Cc1cccc(C(c2ccc3[nH]c(CN4CCCC4)cc3c2)(N2CCCCCC2)N2CCCCCC2)n1. The van der Waals surface area contributed by atoms with E-state index in [0.29, 0.717) is 0 Å². The molecule has 1 aromatic carbocycles. The Hall–Kier alpha value is -2.21. The van der Waals surface area contributed by atoms with Gasteiger partial charge in [-0.05, 0) is 94.4 Å². The van der Waals surface area contributed by atoms with Crippen molar-refractivity contribution in [3.05, 3.63) is 65.1 Å². The van der Waals surface area contributed by atoms with Gasteiger partial charge in [0, 0.05) is 55.0 Å². The number of H-pyrrole nitrogens is 1. The number of hydrogen-bond donors (Lipinski definition) is 1. The van der Waals surface area contributed by atoms with Crippen molar-refractivity contribution >= 4 is 10.9 Å². The van der Waals surface area contributed by atoms with E-state index in [4.69, 9.17) is 4.98 Å². The van der Waals surface area contributed by atoms with Gasteiger partial charge in [0.05, 0.1) is 5.69 Å². The van der Waals surface area contributed by atoms with Crippen LogP contribution in [0.2, 0.25) is 0 Å². The highest BCUT2D eigenvalue weighted by atomic mass is 15.4. The van der Waals surface area contributed by atoms with Gasteiger partial charge in [-0.15, -0.1) is 0 Å². The average Bonchev–Trinajstić information content (AvgIpc) is 3.35. The molecule has 0 unspecified atom stereocenters. The molecule has 37 heavy (non-hydrogen) atoms. The Labute approximate surface area is 223 Å². The molecule has 3 aliphatic heterocycles. The van der Waals surface area contributed by atoms with Crippen molar-refractivity contribution in [2.45, 2.75) is 83.3 Å². The fourth-order valence-corrected chi connectivity index (χ4v) is 7.24. The Morgan fingerprint density at radius 3 is 1.97 bits per heavy atom. The van der Waals surface area contributed by atoms with Gasteiger partial charge in [0.15, 0.2) is 0 Å². The van der Waals surface area contributed by atoms with Gasteiger partial charge in [-0.1, -0.05) is 37.8 Å². The first-order valence-corrected chi connectivity index (χ1v) is 15.0. The average molecular weight is 500 g/mol. The minimum Gasteiger partial charge on any atom is -0.357 e. The van der Waals surface area contributed by atoms with Crippen LogP contribution in [0.15, 0.2) is 42.5 Å². The Balaban J connectivity index is 1.50. The number of nitrogens with one attached hydrogen (secondary N) is 1. The van der Waals surface area contributed by atoms with Crippen molar-refractivity contribution < 1.29 is 0 Å². The number of nitrogens with zero attached hydrogens (tertiary/aromatic N) is 4. The molecule has 0 bridgehead atoms. The van der Waals surface area contributed by atoms with Crippen LogP contribution >= 0.6 is 0 Å². The third-order valence-electron chi connectivity index (χ3n) is 9.04. The van der Waals surface area contributed by atoms with Gasteiger partial charge in [-0.3, -0.25) is 19.7 Å². The van der Waals surface area contributed by atoms with E-state index < -0.39 is 0 Å². The first kappa shape index (κ1) is 25.1. The van der Waals surface area contributed by atoms with Crippen LogP contribution in [-0.2, 0) is 12.2 Å². The second kappa shape index (κ2) is 11.3. The molecule has 0 aliphatic carbocycles. The van der Waals surface area contributed by atoms with Crippen molar-refractivity contribution in [3.63, 3.8) is 0 Å². The summed E-state index contributed by atoms with van der Waals surface area (Å²) >= 11 is 0. The van der Waals surface area contributed by atoms with Gasteiger partial charge in [-0.25, -0.2) is 0 Å². The number of hydrogen-bond acceptors (Lipinski definition) is 4. The summed E-state index contributed by atoms with van der Waals surface area (Å²) in [7, 11) is 0. The van der Waals surface area contributed by atoms with Crippen molar-refractivity contribution in [1.82, 2.24) is 24.7 Å². The predicted octanol–water partition coefficient (Wildman–Crippen LogP) is 6.42. The van der Waals surface area contributed by atoms with Gasteiger partial charge in [0.2, 0.25) is 0 Å². The van der Waals surface area contributed by atoms with Crippen molar-refractivity contribution in [3.8, 4) is 0 Å². The molecule has 0 amide bonds. The Morgan fingerprint density at radius 2 is 1.35 bits per heavy atom. The number of aromatic amines is 1. The summed E-state index contributed by atoms with van der Waals surface area (Å²) in [5, 5.41) is 1.34. The molecule has 1 N–H and O–H groups in total. The molecule has 0 spiro atoms. The number of aryl methyl sites for hydroxylation is 1. The highest BCUT2D eigenvalue weighted by Gasteiger charge is 2.47. The molecule has 3 aliphatic rings. The van der Waals surface area contributed by atoms with E-state index in [9.17, 15) is 0 Å². The molecule has 0 atom stereocenters. The van der Waals surface area contributed by atoms with Crippen LogP contribution in [0.1, 0.15) is 86.9 Å². The minimum absolute atomic E-state index is 0.318. The van der Waals surface area contributed by atoms with E-state index in [-0.39, 0.29) is 5.66 Å². The molecule has 0 saturated carbocycles. The van der Waals surface area contributed by atoms with E-state index in [2.05, 4.69) is 69.1 Å². The van der Waals surface area contributed by atoms with Crippen LogP contribution in [-0.4, -0.2) is 63.9 Å². The van der Waals surface area contributed by atoms with Crippen LogP contribution in [0.3, 0.4) is 0 Å². The zero-order valence-corrected chi connectivity index (χ0v) is 22.9. The first-order chi connectivity index (χ1) is 18.2. The number of pyridine rings is 1. The molecule has 0 radical (unpaired) electrons. The Kier molecular flexibility index (Phi) is 7.64. The van der Waals surface area contributed by atoms with E-state index in [1.54, 1.807) is 0 Å². The molecule has 5 heteroatoms. The van der Waals surface area contributed by atoms with Gasteiger partial charge in [-0.2, -0.15) is 0 Å². The van der Waals surface area contributed by atoms with Gasteiger partial charge >= 0.3 is 0 Å². The molecular formula is C32H45N5. The fraction of sp³-hybridized carbons (Fsp3) is 0.594. The number of likely N-dealkylation sites (tertiary alicyclic amines) is 3. The molecule has 198 valence electrons. The smallest absolute Gasteiger partial charge is 0.144 e. The second-order valence-corrected chi connectivity index (χ2v) is 11.7. The van der Waals surface area contributed by atoms with Crippen LogP contribution in [0, 0.1) is 6.92 Å². The first-order valence-electron chi connectivity index (χ1n) is 15.0. The van der Waals surface area contributed by atoms with Crippen LogP contribution < -0.4 is 0 Å². The Morgan fingerprint density at radius 1 is 0.730 bits per heavy atom. The van der Waals surface area contributed by atoms with Gasteiger partial charge in [0.1, 0.15) is 5.66 Å². The van der Waals surface area contributed by atoms with Crippen molar-refractivity contribution in [1.29, 1.82) is 0 Å². The maximum atomic E-state index is 5.29. The third kappa shape index (κ3) is 5.10. The number of fused-ring (bicyclic) bond motifs is 1. The summed E-state index contributed by atoms with van der Waals surface area (Å²) in [4.78, 5) is 17.2. The van der Waals surface area contributed by atoms with Gasteiger partial charge < -0.3 is 4.98 Å². The number of rotatable bonds is 6. The van der Waals surface area contributed by atoms with E-state index in [1.807, 2.05) is 0 Å². The lowest BCUT2D eigenvalue weighted by atomic mass is 9.89. The highest BCUT2D eigenvalue weighted by Crippen LogP contribution is 2.42. The fourth-order valence-electron chi connectivity index (χ4n) is 7.24. The molecule has 3 saturated heterocycles. The highest BCUT2D eigenvalue weighted by molar-refractivity contribution is 5.81. The topological polar surface area (TPSA) is 38.4 Å². The van der Waals surface area contributed by atoms with Crippen molar-refractivity contribution in [2.24, 2.45) is 0 Å². The predicted molar refractivity (Wildman–Crippen MR) is 153 cm³/mol. The van der Waals surface area contributed by atoms with Crippen molar-refractivity contribution in [2.75, 3.05) is 39.3 Å².